The molecule has 146 valence electrons. The number of benzene rings is 1. The average Bonchev–Trinajstić information content (AvgIpc) is 3.14. The van der Waals surface area contributed by atoms with Gasteiger partial charge in [-0.2, -0.15) is 0 Å². The number of amides is 1. The molecule has 2 N–H and O–H groups in total. The van der Waals surface area contributed by atoms with Crippen LogP contribution in [-0.4, -0.2) is 44.1 Å². The summed E-state index contributed by atoms with van der Waals surface area (Å²) < 4.78 is 1.92. The van der Waals surface area contributed by atoms with E-state index in [1.165, 1.54) is 0 Å². The maximum atomic E-state index is 11.5. The summed E-state index contributed by atoms with van der Waals surface area (Å²) in [5.41, 5.74) is 6.39. The smallest absolute Gasteiger partial charge is 0.220 e. The lowest BCUT2D eigenvalue weighted by Gasteiger charge is -2.37. The predicted octanol–water partition coefficient (Wildman–Crippen LogP) is 2.76. The number of nitrogens with two attached hydrogens (primary N) is 1. The molecule has 1 atom stereocenters. The minimum Gasteiger partial charge on any atom is -0.369 e. The van der Waals surface area contributed by atoms with E-state index < -0.39 is 0 Å². The molecule has 0 radical (unpaired) electrons. The molecule has 7 nitrogen and oxygen atoms in total. The molecular formula is C19H27ClN6O. The van der Waals surface area contributed by atoms with Crippen LogP contribution in [0, 0.1) is 5.92 Å². The van der Waals surface area contributed by atoms with Gasteiger partial charge in [0.05, 0.1) is 11.6 Å². The van der Waals surface area contributed by atoms with Crippen LogP contribution in [0.1, 0.15) is 57.5 Å². The molecule has 0 bridgehead atoms. The van der Waals surface area contributed by atoms with Gasteiger partial charge < -0.3 is 5.73 Å². The summed E-state index contributed by atoms with van der Waals surface area (Å²) >= 11 is 6.10. The Balaban J connectivity index is 1.99. The lowest BCUT2D eigenvalue weighted by Crippen LogP contribution is -2.42. The zero-order valence-corrected chi connectivity index (χ0v) is 16.9. The Kier molecular flexibility index (Phi) is 5.81. The van der Waals surface area contributed by atoms with Crippen LogP contribution < -0.4 is 5.73 Å². The van der Waals surface area contributed by atoms with E-state index >= 15 is 0 Å². The van der Waals surface area contributed by atoms with Gasteiger partial charge in [-0.15, -0.1) is 5.10 Å². The zero-order valence-electron chi connectivity index (χ0n) is 16.1. The largest absolute Gasteiger partial charge is 0.369 e. The number of primary amides is 1. The van der Waals surface area contributed by atoms with Gasteiger partial charge in [0.15, 0.2) is 5.82 Å². The fourth-order valence-electron chi connectivity index (χ4n) is 3.56. The number of nitrogens with zero attached hydrogens (tertiary/aromatic N) is 5. The van der Waals surface area contributed by atoms with Crippen molar-refractivity contribution in [2.24, 2.45) is 11.7 Å². The number of likely N-dealkylation sites (tertiary alicyclic amines) is 1. The molecule has 1 saturated heterocycles. The first kappa shape index (κ1) is 19.8. The summed E-state index contributed by atoms with van der Waals surface area (Å²) in [7, 11) is 0. The van der Waals surface area contributed by atoms with E-state index in [2.05, 4.69) is 41.2 Å². The molecule has 1 aliphatic heterocycles. The Bertz CT molecular complexity index is 780. The molecule has 1 aromatic heterocycles. The number of halogens is 1. The second-order valence-corrected chi connectivity index (χ2v) is 8.22. The molecule has 0 spiro atoms. The summed E-state index contributed by atoms with van der Waals surface area (Å²) in [5.74, 6) is 0.534. The Hall–Kier alpha value is -1.99. The first-order valence-electron chi connectivity index (χ1n) is 9.41. The number of tetrazole rings is 1. The predicted molar refractivity (Wildman–Crippen MR) is 104 cm³/mol. The molecule has 2 aromatic rings. The van der Waals surface area contributed by atoms with Crippen molar-refractivity contribution < 1.29 is 4.79 Å². The molecule has 1 amide bonds. The van der Waals surface area contributed by atoms with Crippen LogP contribution in [0.2, 0.25) is 5.02 Å². The van der Waals surface area contributed by atoms with Gasteiger partial charge in [-0.1, -0.05) is 30.7 Å². The highest BCUT2D eigenvalue weighted by atomic mass is 35.5. The van der Waals surface area contributed by atoms with Crippen molar-refractivity contribution in [2.75, 3.05) is 13.1 Å². The number of hydrogen-bond acceptors (Lipinski definition) is 5. The van der Waals surface area contributed by atoms with Crippen LogP contribution in [0.25, 0.3) is 0 Å². The first-order valence-corrected chi connectivity index (χ1v) is 9.79. The zero-order chi connectivity index (χ0) is 19.6. The second-order valence-electron chi connectivity index (χ2n) is 7.78. The quantitative estimate of drug-likeness (QED) is 0.818. The minimum atomic E-state index is -0.213. The van der Waals surface area contributed by atoms with Gasteiger partial charge in [-0.3, -0.25) is 9.69 Å². The standard InChI is InChI=1S/C19H27ClN6O/c1-4-19(2,3)26-18(22-23-24-26)16(13-5-7-15(20)8-6-13)25-11-9-14(10-12-25)17(21)27/h5-8,14,16H,4,9-12H2,1-3H3,(H2,21,27)/t16-/m0/s1. The van der Waals surface area contributed by atoms with Gasteiger partial charge in [-0.05, 0) is 74.3 Å². The van der Waals surface area contributed by atoms with Crippen LogP contribution in [0.5, 0.6) is 0 Å². The van der Waals surface area contributed by atoms with E-state index in [-0.39, 0.29) is 23.4 Å². The van der Waals surface area contributed by atoms with Crippen molar-refractivity contribution in [2.45, 2.75) is 51.6 Å². The van der Waals surface area contributed by atoms with Crippen molar-refractivity contribution in [3.63, 3.8) is 0 Å². The van der Waals surface area contributed by atoms with E-state index in [1.807, 2.05) is 28.9 Å². The number of carbonyl (C=O) groups is 1. The summed E-state index contributed by atoms with van der Waals surface area (Å²) in [4.78, 5) is 13.9. The second kappa shape index (κ2) is 7.94. The van der Waals surface area contributed by atoms with Crippen LogP contribution in [-0.2, 0) is 10.3 Å². The molecule has 3 rings (SSSR count). The van der Waals surface area contributed by atoms with Crippen LogP contribution in [0.15, 0.2) is 24.3 Å². The highest BCUT2D eigenvalue weighted by molar-refractivity contribution is 6.30. The molecule has 0 saturated carbocycles. The maximum absolute atomic E-state index is 11.5. The lowest BCUT2D eigenvalue weighted by atomic mass is 9.93. The Labute approximate surface area is 164 Å². The van der Waals surface area contributed by atoms with Gasteiger partial charge in [0.25, 0.3) is 0 Å². The monoisotopic (exact) mass is 390 g/mol. The Morgan fingerprint density at radius 2 is 1.93 bits per heavy atom. The molecule has 1 aliphatic rings. The number of carbonyl (C=O) groups excluding carboxylic acids is 1. The fourth-order valence-corrected chi connectivity index (χ4v) is 3.68. The minimum absolute atomic E-state index is 0.0600. The molecular weight excluding hydrogens is 364 g/mol. The average molecular weight is 391 g/mol. The van der Waals surface area contributed by atoms with Crippen molar-refractivity contribution in [3.8, 4) is 0 Å². The summed E-state index contributed by atoms with van der Waals surface area (Å²) in [6, 6.07) is 7.71. The van der Waals surface area contributed by atoms with E-state index in [0.717, 1.165) is 43.7 Å². The van der Waals surface area contributed by atoms with Crippen molar-refractivity contribution in [3.05, 3.63) is 40.7 Å². The highest BCUT2D eigenvalue weighted by Crippen LogP contribution is 2.34. The number of hydrogen-bond donors (Lipinski definition) is 1. The molecule has 0 unspecified atom stereocenters. The van der Waals surface area contributed by atoms with Crippen LogP contribution in [0.3, 0.4) is 0 Å². The summed E-state index contributed by atoms with van der Waals surface area (Å²) in [5, 5.41) is 13.4. The molecule has 0 aliphatic carbocycles. The van der Waals surface area contributed by atoms with E-state index in [1.54, 1.807) is 0 Å². The molecule has 8 heteroatoms. The van der Waals surface area contributed by atoms with Gasteiger partial charge in [0.2, 0.25) is 5.91 Å². The topological polar surface area (TPSA) is 89.9 Å². The van der Waals surface area contributed by atoms with Crippen LogP contribution >= 0.6 is 11.6 Å². The van der Waals surface area contributed by atoms with Crippen molar-refractivity contribution >= 4 is 17.5 Å². The third-order valence-electron chi connectivity index (χ3n) is 5.66. The SMILES string of the molecule is CCC(C)(C)n1nnnc1[C@H](c1ccc(Cl)cc1)N1CCC(C(N)=O)CC1. The van der Waals surface area contributed by atoms with Crippen molar-refractivity contribution in [1.82, 2.24) is 25.1 Å². The van der Waals surface area contributed by atoms with E-state index in [0.29, 0.717) is 5.02 Å². The fraction of sp³-hybridized carbons (Fsp3) is 0.579. The normalized spacial score (nSPS) is 17.8. The van der Waals surface area contributed by atoms with Gasteiger partial charge in [-0.25, -0.2) is 4.68 Å². The first-order chi connectivity index (χ1) is 12.8. The third-order valence-corrected chi connectivity index (χ3v) is 5.91. The number of rotatable bonds is 6. The van der Waals surface area contributed by atoms with Crippen LogP contribution in [0.4, 0.5) is 0 Å². The molecule has 1 fully saturated rings. The summed E-state index contributed by atoms with van der Waals surface area (Å²) in [6.07, 6.45) is 2.40. The summed E-state index contributed by atoms with van der Waals surface area (Å²) in [6.45, 7) is 7.91. The molecule has 1 aromatic carbocycles. The molecule has 2 heterocycles. The van der Waals surface area contributed by atoms with E-state index in [4.69, 9.17) is 17.3 Å². The van der Waals surface area contributed by atoms with Gasteiger partial charge >= 0.3 is 0 Å². The lowest BCUT2D eigenvalue weighted by molar-refractivity contribution is -0.123. The number of piperidine rings is 1. The maximum Gasteiger partial charge on any atom is 0.220 e. The molecule has 27 heavy (non-hydrogen) atoms. The Morgan fingerprint density at radius 3 is 2.48 bits per heavy atom. The van der Waals surface area contributed by atoms with E-state index in [9.17, 15) is 4.79 Å². The van der Waals surface area contributed by atoms with Crippen molar-refractivity contribution in [1.29, 1.82) is 0 Å². The highest BCUT2D eigenvalue weighted by Gasteiger charge is 2.35. The third kappa shape index (κ3) is 4.14. The van der Waals surface area contributed by atoms with Gasteiger partial charge in [0.1, 0.15) is 0 Å². The number of aromatic nitrogens is 4. The Morgan fingerprint density at radius 1 is 1.30 bits per heavy atom. The van der Waals surface area contributed by atoms with Gasteiger partial charge in [0, 0.05) is 10.9 Å².